The molecule has 0 radical (unpaired) electrons. The molecular weight excluding hydrogens is 292 g/mol. The molecule has 1 aromatic rings. The van der Waals surface area contributed by atoms with Gasteiger partial charge in [0.2, 0.25) is 15.9 Å². The fourth-order valence-electron chi connectivity index (χ4n) is 2.38. The molecule has 1 fully saturated rings. The Kier molecular flexibility index (Phi) is 4.84. The average Bonchev–Trinajstić information content (AvgIpc) is 2.80. The highest BCUT2D eigenvalue weighted by atomic mass is 32.2. The Morgan fingerprint density at radius 1 is 1.48 bits per heavy atom. The summed E-state index contributed by atoms with van der Waals surface area (Å²) in [5, 5.41) is 0. The van der Waals surface area contributed by atoms with Gasteiger partial charge in [0, 0.05) is 25.2 Å². The minimum Gasteiger partial charge on any atom is -0.462 e. The first-order chi connectivity index (χ1) is 9.83. The van der Waals surface area contributed by atoms with Gasteiger partial charge in [-0.15, -0.1) is 0 Å². The van der Waals surface area contributed by atoms with Gasteiger partial charge in [-0.25, -0.2) is 13.1 Å². The van der Waals surface area contributed by atoms with Crippen LogP contribution >= 0.6 is 0 Å². The minimum absolute atomic E-state index is 0.135. The predicted octanol–water partition coefficient (Wildman–Crippen LogP) is 1.14. The Morgan fingerprint density at radius 3 is 2.86 bits per heavy atom. The van der Waals surface area contributed by atoms with Gasteiger partial charge in [-0.2, -0.15) is 0 Å². The van der Waals surface area contributed by atoms with E-state index in [1.54, 1.807) is 17.0 Å². The molecule has 0 spiro atoms. The molecular formula is C14H20N2O4S. The van der Waals surface area contributed by atoms with Crippen molar-refractivity contribution in [3.8, 4) is 0 Å². The van der Waals surface area contributed by atoms with E-state index >= 15 is 0 Å². The summed E-state index contributed by atoms with van der Waals surface area (Å²) >= 11 is 0. The van der Waals surface area contributed by atoms with E-state index in [-0.39, 0.29) is 11.9 Å². The first kappa shape index (κ1) is 15.8. The summed E-state index contributed by atoms with van der Waals surface area (Å²) in [6.45, 7) is 2.88. The van der Waals surface area contributed by atoms with Crippen molar-refractivity contribution in [2.24, 2.45) is 0 Å². The van der Waals surface area contributed by atoms with E-state index in [0.717, 1.165) is 24.9 Å². The number of sulfonamides is 1. The minimum atomic E-state index is -3.25. The molecule has 0 bridgehead atoms. The second-order valence-electron chi connectivity index (χ2n) is 5.30. The van der Waals surface area contributed by atoms with E-state index in [1.165, 1.54) is 6.08 Å². The third-order valence-corrected chi connectivity index (χ3v) is 4.03. The number of carbonyl (C=O) groups excluding carboxylic acids is 1. The molecule has 1 aliphatic rings. The molecule has 0 aromatic carbocycles. The topological polar surface area (TPSA) is 79.6 Å². The molecule has 1 atom stereocenters. The van der Waals surface area contributed by atoms with Crippen LogP contribution in [0.25, 0.3) is 6.08 Å². The summed E-state index contributed by atoms with van der Waals surface area (Å²) in [6, 6.07) is 3.41. The molecule has 1 aliphatic heterocycles. The largest absolute Gasteiger partial charge is 0.462 e. The molecule has 1 saturated heterocycles. The summed E-state index contributed by atoms with van der Waals surface area (Å²) in [6.07, 6.45) is 5.75. The van der Waals surface area contributed by atoms with Crippen LogP contribution in [-0.2, 0) is 14.8 Å². The maximum Gasteiger partial charge on any atom is 0.246 e. The number of furan rings is 1. The molecule has 1 aromatic heterocycles. The van der Waals surface area contributed by atoms with Crippen LogP contribution in [0.15, 0.2) is 22.6 Å². The zero-order valence-electron chi connectivity index (χ0n) is 12.2. The maximum atomic E-state index is 12.1. The van der Waals surface area contributed by atoms with Gasteiger partial charge in [0.15, 0.2) is 0 Å². The summed E-state index contributed by atoms with van der Waals surface area (Å²) < 4.78 is 30.4. The van der Waals surface area contributed by atoms with E-state index in [9.17, 15) is 13.2 Å². The van der Waals surface area contributed by atoms with Crippen molar-refractivity contribution in [2.75, 3.05) is 19.3 Å². The second-order valence-corrected chi connectivity index (χ2v) is 7.08. The lowest BCUT2D eigenvalue weighted by molar-refractivity contribution is -0.127. The Labute approximate surface area is 124 Å². The Hall–Kier alpha value is -1.60. The van der Waals surface area contributed by atoms with Crippen LogP contribution in [0.1, 0.15) is 24.4 Å². The fraction of sp³-hybridized carbons (Fsp3) is 0.500. The summed E-state index contributed by atoms with van der Waals surface area (Å²) in [5.41, 5.74) is 0. The molecule has 0 aliphatic carbocycles. The zero-order valence-corrected chi connectivity index (χ0v) is 13.0. The first-order valence-corrected chi connectivity index (χ1v) is 8.73. The highest BCUT2D eigenvalue weighted by Crippen LogP contribution is 2.13. The first-order valence-electron chi connectivity index (χ1n) is 6.84. The third kappa shape index (κ3) is 5.02. The van der Waals surface area contributed by atoms with Gasteiger partial charge in [-0.3, -0.25) is 4.79 Å². The van der Waals surface area contributed by atoms with Crippen molar-refractivity contribution in [2.45, 2.75) is 25.8 Å². The Balaban J connectivity index is 1.94. The molecule has 21 heavy (non-hydrogen) atoms. The SMILES string of the molecule is Cc1ccc(/C=C/C(=O)N2CCCC(NS(C)(=O)=O)C2)o1. The van der Waals surface area contributed by atoms with Gasteiger partial charge in [0.1, 0.15) is 11.5 Å². The van der Waals surface area contributed by atoms with E-state index in [1.807, 2.05) is 13.0 Å². The van der Waals surface area contributed by atoms with E-state index in [2.05, 4.69) is 4.72 Å². The highest BCUT2D eigenvalue weighted by Gasteiger charge is 2.24. The van der Waals surface area contributed by atoms with Gasteiger partial charge in [0.25, 0.3) is 0 Å². The van der Waals surface area contributed by atoms with Crippen LogP contribution in [-0.4, -0.2) is 44.6 Å². The van der Waals surface area contributed by atoms with Crippen molar-refractivity contribution in [1.82, 2.24) is 9.62 Å². The molecule has 2 heterocycles. The average molecular weight is 312 g/mol. The predicted molar refractivity (Wildman–Crippen MR) is 80.1 cm³/mol. The van der Waals surface area contributed by atoms with Gasteiger partial charge < -0.3 is 9.32 Å². The number of nitrogens with zero attached hydrogens (tertiary/aromatic N) is 1. The number of hydrogen-bond acceptors (Lipinski definition) is 4. The van der Waals surface area contributed by atoms with E-state index in [0.29, 0.717) is 18.8 Å². The van der Waals surface area contributed by atoms with Crippen molar-refractivity contribution in [3.05, 3.63) is 29.7 Å². The fourth-order valence-corrected chi connectivity index (χ4v) is 3.18. The van der Waals surface area contributed by atoms with E-state index < -0.39 is 10.0 Å². The summed E-state index contributed by atoms with van der Waals surface area (Å²) in [7, 11) is -3.25. The number of aryl methyl sites for hydroxylation is 1. The van der Waals surface area contributed by atoms with Gasteiger partial charge in [0.05, 0.1) is 6.26 Å². The quantitative estimate of drug-likeness (QED) is 0.846. The lowest BCUT2D eigenvalue weighted by Crippen LogP contribution is -2.48. The normalized spacial score (nSPS) is 20.1. The molecule has 7 heteroatoms. The lowest BCUT2D eigenvalue weighted by atomic mass is 10.1. The number of carbonyl (C=O) groups is 1. The molecule has 1 N–H and O–H groups in total. The Morgan fingerprint density at radius 2 is 2.24 bits per heavy atom. The van der Waals surface area contributed by atoms with Crippen LogP contribution in [0.2, 0.25) is 0 Å². The van der Waals surface area contributed by atoms with Crippen molar-refractivity contribution >= 4 is 22.0 Å². The van der Waals surface area contributed by atoms with Crippen LogP contribution in [0.4, 0.5) is 0 Å². The number of piperidine rings is 1. The number of hydrogen-bond donors (Lipinski definition) is 1. The van der Waals surface area contributed by atoms with Crippen LogP contribution < -0.4 is 4.72 Å². The van der Waals surface area contributed by atoms with Crippen LogP contribution in [0.5, 0.6) is 0 Å². The molecule has 116 valence electrons. The lowest BCUT2D eigenvalue weighted by Gasteiger charge is -2.32. The van der Waals surface area contributed by atoms with Gasteiger partial charge in [-0.1, -0.05) is 0 Å². The molecule has 1 unspecified atom stereocenters. The second kappa shape index (κ2) is 6.44. The van der Waals surface area contributed by atoms with E-state index in [4.69, 9.17) is 4.42 Å². The van der Waals surface area contributed by atoms with Crippen molar-refractivity contribution < 1.29 is 17.6 Å². The molecule has 2 rings (SSSR count). The standard InChI is InChI=1S/C14H20N2O4S/c1-11-5-6-13(20-11)7-8-14(17)16-9-3-4-12(10-16)15-21(2,18)19/h5-8,12,15H,3-4,9-10H2,1-2H3/b8-7+. The van der Waals surface area contributed by atoms with Gasteiger partial charge >= 0.3 is 0 Å². The number of likely N-dealkylation sites (tertiary alicyclic amines) is 1. The summed E-state index contributed by atoms with van der Waals surface area (Å²) in [4.78, 5) is 13.8. The zero-order chi connectivity index (χ0) is 15.5. The maximum absolute atomic E-state index is 12.1. The molecule has 6 nitrogen and oxygen atoms in total. The third-order valence-electron chi connectivity index (χ3n) is 3.27. The molecule has 0 saturated carbocycles. The number of rotatable bonds is 4. The highest BCUT2D eigenvalue weighted by molar-refractivity contribution is 7.88. The number of nitrogens with one attached hydrogen (secondary N) is 1. The number of amides is 1. The van der Waals surface area contributed by atoms with Gasteiger partial charge in [-0.05, 0) is 38.0 Å². The van der Waals surface area contributed by atoms with Crippen molar-refractivity contribution in [3.63, 3.8) is 0 Å². The van der Waals surface area contributed by atoms with Crippen LogP contribution in [0, 0.1) is 6.92 Å². The Bertz CT molecular complexity index is 633. The molecule has 1 amide bonds. The smallest absolute Gasteiger partial charge is 0.246 e. The summed E-state index contributed by atoms with van der Waals surface area (Å²) in [5.74, 6) is 1.28. The van der Waals surface area contributed by atoms with Crippen molar-refractivity contribution in [1.29, 1.82) is 0 Å². The monoisotopic (exact) mass is 312 g/mol. The van der Waals surface area contributed by atoms with Crippen LogP contribution in [0.3, 0.4) is 0 Å².